The Labute approximate surface area is 502 Å². The Morgan fingerprint density at radius 3 is 1.92 bits per heavy atom. The number of hydrogen-bond donors (Lipinski definition) is 0. The van der Waals surface area contributed by atoms with Crippen LogP contribution in [0.1, 0.15) is 64.9 Å². The second-order valence-corrected chi connectivity index (χ2v) is 27.4. The van der Waals surface area contributed by atoms with Gasteiger partial charge in [-0.2, -0.15) is 11.8 Å². The summed E-state index contributed by atoms with van der Waals surface area (Å²) in [7, 11) is 0. The van der Waals surface area contributed by atoms with Crippen LogP contribution in [0, 0.1) is 0 Å². The summed E-state index contributed by atoms with van der Waals surface area (Å²) in [6, 6.07) is 83.5. The highest BCUT2D eigenvalue weighted by molar-refractivity contribution is 8.01. The molecule has 4 heterocycles. The maximum absolute atomic E-state index is 7.60. The Morgan fingerprint density at radius 2 is 1.21 bits per heavy atom. The molecular weight excluding hydrogens is 1040 g/mol. The van der Waals surface area contributed by atoms with E-state index in [0.29, 0.717) is 17.1 Å². The van der Waals surface area contributed by atoms with Crippen molar-refractivity contribution in [3.05, 3.63) is 271 Å². The fraction of sp³-hybridized carbons (Fsp3) is 0.263. The molecule has 3 fully saturated rings. The topological polar surface area (TPSA) is 22.2 Å². The summed E-state index contributed by atoms with van der Waals surface area (Å²) < 4.78 is 7.60. The summed E-state index contributed by atoms with van der Waals surface area (Å²) in [5.41, 5.74) is 18.7. The molecule has 4 aliphatic heterocycles. The summed E-state index contributed by atoms with van der Waals surface area (Å²) in [4.78, 5) is 11.1. The molecule has 8 aromatic carbocycles. The molecule has 10 atom stereocenters. The molecule has 8 heteroatoms. The molecule has 0 N–H and O–H groups in total. The molecule has 16 rings (SSSR count). The smallest absolute Gasteiger partial charge is 0.225 e. The zero-order chi connectivity index (χ0) is 56.0. The van der Waals surface area contributed by atoms with Crippen LogP contribution < -0.4 is 35.3 Å². The van der Waals surface area contributed by atoms with Crippen LogP contribution in [0.4, 0.5) is 34.1 Å². The molecule has 8 aliphatic rings. The number of fused-ring (bicyclic) bond motifs is 8. The SMILES string of the molecule is CC(C)(C)c1ccc(-c2ccccc2N2C3=CC4SC5CC(N(c6ccccc6)c6ccccc6)=CC6C5B(c5ccccc5N6c5ccccc5)C4C=C3B3c4ccccc4OC4CC(N(c5ccccc5)C5CC=CCC5)CC2C34)cc1. The first kappa shape index (κ1) is 51.8. The van der Waals surface area contributed by atoms with Gasteiger partial charge in [-0.25, -0.2) is 0 Å². The van der Waals surface area contributed by atoms with Gasteiger partial charge in [0, 0.05) is 91.9 Å². The Bertz CT molecular complexity index is 3820. The van der Waals surface area contributed by atoms with Gasteiger partial charge in [0.05, 0.1) is 12.1 Å². The molecule has 4 aliphatic carbocycles. The van der Waals surface area contributed by atoms with Crippen molar-refractivity contribution in [3.63, 3.8) is 0 Å². The highest BCUT2D eigenvalue weighted by Gasteiger charge is 2.62. The van der Waals surface area contributed by atoms with Crippen molar-refractivity contribution in [1.29, 1.82) is 0 Å². The monoisotopic (exact) mass is 1110 g/mol. The Kier molecular flexibility index (Phi) is 13.0. The van der Waals surface area contributed by atoms with E-state index in [1.807, 2.05) is 0 Å². The van der Waals surface area contributed by atoms with Gasteiger partial charge in [0.25, 0.3) is 0 Å². The number of thioether (sulfide) groups is 1. The lowest BCUT2D eigenvalue weighted by Crippen LogP contribution is -2.67. The van der Waals surface area contributed by atoms with Gasteiger partial charge >= 0.3 is 0 Å². The van der Waals surface area contributed by atoms with Gasteiger partial charge in [0.1, 0.15) is 5.75 Å². The van der Waals surface area contributed by atoms with Crippen LogP contribution in [0.25, 0.3) is 11.1 Å². The van der Waals surface area contributed by atoms with Gasteiger partial charge < -0.3 is 24.3 Å². The molecule has 0 bridgehead atoms. The number of hydrogen-bond acceptors (Lipinski definition) is 6. The van der Waals surface area contributed by atoms with Crippen LogP contribution >= 0.6 is 11.8 Å². The lowest BCUT2D eigenvalue weighted by Gasteiger charge is -2.60. The predicted octanol–water partition coefficient (Wildman–Crippen LogP) is 16.8. The number of ether oxygens (including phenoxy) is 1. The van der Waals surface area contributed by atoms with E-state index in [1.54, 1.807) is 0 Å². The van der Waals surface area contributed by atoms with Crippen molar-refractivity contribution >= 4 is 70.2 Å². The fourth-order valence-electron chi connectivity index (χ4n) is 16.9. The number of para-hydroxylation sites is 7. The standard InChI is InChI=1S/C76H72B2N4OS/c1-76(2,3)52-43-41-51(42-44-52)60-35-19-22-38-65(60)82-67-50-72-64(49-63(67)78-62-37-21-24-40-70(62)83-71-47-58(45-68(82)74(71)78)79(53-25-9-4-10-26-53)54-27-11-5-12-28-54)77-61-36-20-23-39-66(61)81(57-33-17-8-18-34-57)69-46-59(48-73(84-72)75(69)77)80(55-29-13-6-14-30-55)56-31-15-7-16-32-56/h4-11,13-26,29-44,46,49-50,54,58,64,68-69,71-75H,12,27-28,45,47-48H2,1-3H3. The average Bonchev–Trinajstić information content (AvgIpc) is 1.26. The third-order valence-corrected chi connectivity index (χ3v) is 22.0. The first-order valence-electron chi connectivity index (χ1n) is 31.2. The van der Waals surface area contributed by atoms with Gasteiger partial charge in [0.2, 0.25) is 6.71 Å². The number of rotatable bonds is 9. The molecule has 0 radical (unpaired) electrons. The van der Waals surface area contributed by atoms with E-state index in [2.05, 4.69) is 301 Å². The Hall–Kier alpha value is -7.80. The Morgan fingerprint density at radius 1 is 0.571 bits per heavy atom. The van der Waals surface area contributed by atoms with Gasteiger partial charge in [0.15, 0.2) is 6.71 Å². The maximum Gasteiger partial charge on any atom is 0.225 e. The normalized spacial score (nSPS) is 26.1. The molecule has 2 saturated heterocycles. The van der Waals surface area contributed by atoms with E-state index in [9.17, 15) is 0 Å². The summed E-state index contributed by atoms with van der Waals surface area (Å²) in [6.07, 6.45) is 19.6. The second-order valence-electron chi connectivity index (χ2n) is 26.0. The highest BCUT2D eigenvalue weighted by Crippen LogP contribution is 2.62. The molecule has 84 heavy (non-hydrogen) atoms. The number of anilines is 6. The molecular formula is C76H72B2N4OS. The van der Waals surface area contributed by atoms with Crippen LogP contribution in [0.15, 0.2) is 266 Å². The van der Waals surface area contributed by atoms with Gasteiger partial charge in [-0.15, -0.1) is 0 Å². The predicted molar refractivity (Wildman–Crippen MR) is 356 cm³/mol. The van der Waals surface area contributed by atoms with Crippen LogP contribution in [0.3, 0.4) is 0 Å². The summed E-state index contributed by atoms with van der Waals surface area (Å²) in [5, 5.41) is 0.558. The van der Waals surface area contributed by atoms with Crippen LogP contribution in [-0.4, -0.2) is 54.2 Å². The molecule has 0 amide bonds. The highest BCUT2D eigenvalue weighted by atomic mass is 32.2. The minimum atomic E-state index is 0.0170. The molecule has 5 nitrogen and oxygen atoms in total. The summed E-state index contributed by atoms with van der Waals surface area (Å²) in [6.45, 7) is 7.44. The summed E-state index contributed by atoms with van der Waals surface area (Å²) >= 11 is 2.28. The average molecular weight is 1110 g/mol. The molecule has 414 valence electrons. The van der Waals surface area contributed by atoms with E-state index in [0.717, 1.165) is 44.3 Å². The van der Waals surface area contributed by atoms with Crippen molar-refractivity contribution in [2.45, 2.75) is 123 Å². The Balaban J connectivity index is 0.904. The third-order valence-electron chi connectivity index (χ3n) is 20.4. The maximum atomic E-state index is 7.60. The van der Waals surface area contributed by atoms with E-state index in [1.165, 1.54) is 78.6 Å². The van der Waals surface area contributed by atoms with Crippen molar-refractivity contribution in [2.75, 3.05) is 19.6 Å². The van der Waals surface area contributed by atoms with E-state index in [-0.39, 0.29) is 60.0 Å². The van der Waals surface area contributed by atoms with Crippen molar-refractivity contribution in [3.8, 4) is 16.9 Å². The van der Waals surface area contributed by atoms with Gasteiger partial charge in [-0.3, -0.25) is 0 Å². The first-order chi connectivity index (χ1) is 41.3. The van der Waals surface area contributed by atoms with Crippen LogP contribution in [0.5, 0.6) is 5.75 Å². The zero-order valence-corrected chi connectivity index (χ0v) is 49.3. The summed E-state index contributed by atoms with van der Waals surface area (Å²) in [5.74, 6) is 1.91. The van der Waals surface area contributed by atoms with Gasteiger partial charge in [-0.05, 0) is 145 Å². The molecule has 8 aromatic rings. The molecule has 10 unspecified atom stereocenters. The van der Waals surface area contributed by atoms with Crippen molar-refractivity contribution < 1.29 is 4.74 Å². The number of allylic oxidation sites excluding steroid dienone is 4. The largest absolute Gasteiger partial charge is 0.491 e. The molecule has 1 saturated carbocycles. The third kappa shape index (κ3) is 8.75. The molecule has 0 aromatic heterocycles. The van der Waals surface area contributed by atoms with Gasteiger partial charge in [-0.1, -0.05) is 202 Å². The first-order valence-corrected chi connectivity index (χ1v) is 32.1. The number of nitrogens with zero attached hydrogens (tertiary/aromatic N) is 4. The lowest BCUT2D eigenvalue weighted by molar-refractivity contribution is 0.121. The molecule has 0 spiro atoms. The van der Waals surface area contributed by atoms with Crippen LogP contribution in [-0.2, 0) is 5.41 Å². The fourth-order valence-corrected chi connectivity index (χ4v) is 18.8. The van der Waals surface area contributed by atoms with E-state index < -0.39 is 0 Å². The minimum Gasteiger partial charge on any atom is -0.491 e. The quantitative estimate of drug-likeness (QED) is 0.105. The second kappa shape index (κ2) is 21.1. The van der Waals surface area contributed by atoms with Crippen molar-refractivity contribution in [2.24, 2.45) is 0 Å². The van der Waals surface area contributed by atoms with E-state index >= 15 is 0 Å². The zero-order valence-electron chi connectivity index (χ0n) is 48.4. The van der Waals surface area contributed by atoms with E-state index in [4.69, 9.17) is 4.74 Å². The van der Waals surface area contributed by atoms with Crippen molar-refractivity contribution in [1.82, 2.24) is 0 Å². The van der Waals surface area contributed by atoms with Crippen LogP contribution in [0.2, 0.25) is 17.5 Å². The lowest BCUT2D eigenvalue weighted by atomic mass is 9.23. The minimum absolute atomic E-state index is 0.0170. The number of benzene rings is 8.